The SMILES string of the molecule is CC#CC(=O)OC1(C)CCOC(C(CC)CC)C1. The van der Waals surface area contributed by atoms with Gasteiger partial charge in [0.25, 0.3) is 0 Å². The van der Waals surface area contributed by atoms with E-state index in [0.29, 0.717) is 12.5 Å². The van der Waals surface area contributed by atoms with Crippen LogP contribution in [0.3, 0.4) is 0 Å². The Morgan fingerprint density at radius 1 is 1.50 bits per heavy atom. The lowest BCUT2D eigenvalue weighted by Gasteiger charge is -2.40. The Bertz CT molecular complexity index is 335. The summed E-state index contributed by atoms with van der Waals surface area (Å²) in [6.07, 6.45) is 3.91. The second-order valence-electron chi connectivity index (χ2n) is 5.15. The molecule has 0 saturated carbocycles. The molecule has 0 radical (unpaired) electrons. The highest BCUT2D eigenvalue weighted by Crippen LogP contribution is 2.33. The normalized spacial score (nSPS) is 27.5. The van der Waals surface area contributed by atoms with Crippen LogP contribution in [0.15, 0.2) is 0 Å². The fraction of sp³-hybridized carbons (Fsp3) is 0.800. The minimum atomic E-state index is -0.426. The molecule has 0 amide bonds. The lowest BCUT2D eigenvalue weighted by Crippen LogP contribution is -2.44. The van der Waals surface area contributed by atoms with Crippen molar-refractivity contribution in [3.8, 4) is 11.8 Å². The van der Waals surface area contributed by atoms with Gasteiger partial charge in [0.1, 0.15) is 5.60 Å². The Kier molecular flexibility index (Phi) is 5.68. The van der Waals surface area contributed by atoms with Crippen molar-refractivity contribution in [2.75, 3.05) is 6.61 Å². The second kappa shape index (κ2) is 6.80. The molecule has 1 aliphatic rings. The molecule has 0 aromatic carbocycles. The van der Waals surface area contributed by atoms with Crippen molar-refractivity contribution in [3.63, 3.8) is 0 Å². The van der Waals surface area contributed by atoms with Crippen molar-refractivity contribution in [2.24, 2.45) is 5.92 Å². The highest BCUT2D eigenvalue weighted by Gasteiger charge is 2.38. The molecule has 1 rings (SSSR count). The molecule has 1 fully saturated rings. The van der Waals surface area contributed by atoms with Crippen molar-refractivity contribution < 1.29 is 14.3 Å². The van der Waals surface area contributed by atoms with Crippen LogP contribution in [-0.2, 0) is 14.3 Å². The molecule has 102 valence electrons. The summed E-state index contributed by atoms with van der Waals surface area (Å²) in [6, 6.07) is 0. The van der Waals surface area contributed by atoms with Crippen molar-refractivity contribution in [3.05, 3.63) is 0 Å². The zero-order valence-corrected chi connectivity index (χ0v) is 11.9. The van der Waals surface area contributed by atoms with Crippen LogP contribution in [0.4, 0.5) is 0 Å². The summed E-state index contributed by atoms with van der Waals surface area (Å²) in [5.74, 6) is 5.13. The van der Waals surface area contributed by atoms with Crippen molar-refractivity contribution in [1.82, 2.24) is 0 Å². The molecule has 0 spiro atoms. The number of hydrogen-bond donors (Lipinski definition) is 0. The van der Waals surface area contributed by atoms with E-state index < -0.39 is 11.6 Å². The lowest BCUT2D eigenvalue weighted by molar-refractivity contribution is -0.169. The van der Waals surface area contributed by atoms with Crippen LogP contribution in [0.25, 0.3) is 0 Å². The van der Waals surface area contributed by atoms with Gasteiger partial charge in [-0.3, -0.25) is 0 Å². The van der Waals surface area contributed by atoms with Crippen LogP contribution in [0, 0.1) is 17.8 Å². The molecule has 3 heteroatoms. The van der Waals surface area contributed by atoms with E-state index in [0.717, 1.165) is 25.7 Å². The number of ether oxygens (including phenoxy) is 2. The molecule has 1 heterocycles. The Morgan fingerprint density at radius 3 is 2.72 bits per heavy atom. The predicted octanol–water partition coefficient (Wildman–Crippen LogP) is 2.93. The van der Waals surface area contributed by atoms with Gasteiger partial charge in [-0.25, -0.2) is 4.79 Å². The van der Waals surface area contributed by atoms with E-state index in [-0.39, 0.29) is 6.10 Å². The third-order valence-electron chi connectivity index (χ3n) is 3.74. The average Bonchev–Trinajstić information content (AvgIpc) is 2.30. The van der Waals surface area contributed by atoms with E-state index in [1.807, 2.05) is 6.92 Å². The number of carbonyl (C=O) groups excluding carboxylic acids is 1. The number of rotatable bonds is 4. The molecule has 0 N–H and O–H groups in total. The zero-order valence-electron chi connectivity index (χ0n) is 11.9. The summed E-state index contributed by atoms with van der Waals surface area (Å²) < 4.78 is 11.3. The summed E-state index contributed by atoms with van der Waals surface area (Å²) in [6.45, 7) is 8.64. The number of esters is 1. The molecule has 1 saturated heterocycles. The van der Waals surface area contributed by atoms with Crippen molar-refractivity contribution >= 4 is 5.97 Å². The van der Waals surface area contributed by atoms with Crippen LogP contribution < -0.4 is 0 Å². The predicted molar refractivity (Wildman–Crippen MR) is 71.0 cm³/mol. The monoisotopic (exact) mass is 252 g/mol. The maximum absolute atomic E-state index is 11.5. The molecule has 0 aromatic heterocycles. The van der Waals surface area contributed by atoms with E-state index >= 15 is 0 Å². The van der Waals surface area contributed by atoms with Crippen LogP contribution >= 0.6 is 0 Å². The summed E-state index contributed by atoms with van der Waals surface area (Å²) in [7, 11) is 0. The van der Waals surface area contributed by atoms with Gasteiger partial charge in [-0.05, 0) is 19.8 Å². The highest BCUT2D eigenvalue weighted by molar-refractivity contribution is 5.88. The Hall–Kier alpha value is -1.01. The summed E-state index contributed by atoms with van der Waals surface area (Å²) in [5, 5.41) is 0. The number of hydrogen-bond acceptors (Lipinski definition) is 3. The van der Waals surface area contributed by atoms with Gasteiger partial charge in [-0.15, -0.1) is 0 Å². The molecule has 0 aromatic rings. The maximum Gasteiger partial charge on any atom is 0.384 e. The standard InChI is InChI=1S/C15H24O3/c1-5-8-14(16)18-15(4)9-10-17-13(11-15)12(6-2)7-3/h12-13H,6-7,9-11H2,1-4H3. The number of carbonyl (C=O) groups is 1. The van der Waals surface area contributed by atoms with Crippen LogP contribution in [0.1, 0.15) is 53.4 Å². The van der Waals surface area contributed by atoms with E-state index in [4.69, 9.17) is 9.47 Å². The molecule has 2 unspecified atom stereocenters. The first-order chi connectivity index (χ1) is 8.54. The van der Waals surface area contributed by atoms with Crippen LogP contribution in [-0.4, -0.2) is 24.3 Å². The summed E-state index contributed by atoms with van der Waals surface area (Å²) in [5.41, 5.74) is -0.424. The van der Waals surface area contributed by atoms with Gasteiger partial charge in [-0.1, -0.05) is 32.6 Å². The molecular formula is C15H24O3. The van der Waals surface area contributed by atoms with Gasteiger partial charge in [0, 0.05) is 18.8 Å². The third-order valence-corrected chi connectivity index (χ3v) is 3.74. The maximum atomic E-state index is 11.5. The Morgan fingerprint density at radius 2 is 2.17 bits per heavy atom. The van der Waals surface area contributed by atoms with Gasteiger partial charge >= 0.3 is 5.97 Å². The van der Waals surface area contributed by atoms with Gasteiger partial charge < -0.3 is 9.47 Å². The average molecular weight is 252 g/mol. The summed E-state index contributed by atoms with van der Waals surface area (Å²) >= 11 is 0. The fourth-order valence-electron chi connectivity index (χ4n) is 2.57. The Balaban J connectivity index is 2.65. The fourth-order valence-corrected chi connectivity index (χ4v) is 2.57. The quantitative estimate of drug-likeness (QED) is 0.438. The van der Waals surface area contributed by atoms with E-state index in [2.05, 4.69) is 25.7 Å². The minimum absolute atomic E-state index is 0.195. The van der Waals surface area contributed by atoms with E-state index in [1.54, 1.807) is 6.92 Å². The Labute approximate surface area is 110 Å². The molecule has 2 atom stereocenters. The largest absolute Gasteiger partial charge is 0.450 e. The van der Waals surface area contributed by atoms with Gasteiger partial charge in [0.15, 0.2) is 0 Å². The molecule has 0 aliphatic carbocycles. The highest BCUT2D eigenvalue weighted by atomic mass is 16.6. The van der Waals surface area contributed by atoms with Gasteiger partial charge in [0.2, 0.25) is 0 Å². The van der Waals surface area contributed by atoms with Gasteiger partial charge in [0.05, 0.1) is 12.7 Å². The lowest BCUT2D eigenvalue weighted by atomic mass is 9.84. The first-order valence-corrected chi connectivity index (χ1v) is 6.82. The second-order valence-corrected chi connectivity index (χ2v) is 5.15. The molecule has 3 nitrogen and oxygen atoms in total. The van der Waals surface area contributed by atoms with E-state index in [9.17, 15) is 4.79 Å². The van der Waals surface area contributed by atoms with Crippen molar-refractivity contribution in [2.45, 2.75) is 65.1 Å². The van der Waals surface area contributed by atoms with Crippen LogP contribution in [0.5, 0.6) is 0 Å². The smallest absolute Gasteiger partial charge is 0.384 e. The molecular weight excluding hydrogens is 228 g/mol. The van der Waals surface area contributed by atoms with Gasteiger partial charge in [-0.2, -0.15) is 0 Å². The molecule has 0 bridgehead atoms. The topological polar surface area (TPSA) is 35.5 Å². The minimum Gasteiger partial charge on any atom is -0.450 e. The first-order valence-electron chi connectivity index (χ1n) is 6.82. The third kappa shape index (κ3) is 4.03. The first kappa shape index (κ1) is 15.0. The molecule has 18 heavy (non-hydrogen) atoms. The zero-order chi connectivity index (χ0) is 13.6. The molecule has 1 aliphatic heterocycles. The van der Waals surface area contributed by atoms with Crippen molar-refractivity contribution in [1.29, 1.82) is 0 Å². The van der Waals surface area contributed by atoms with Crippen LogP contribution in [0.2, 0.25) is 0 Å². The van der Waals surface area contributed by atoms with E-state index in [1.165, 1.54) is 0 Å². The summed E-state index contributed by atoms with van der Waals surface area (Å²) in [4.78, 5) is 11.5.